The lowest BCUT2D eigenvalue weighted by molar-refractivity contribution is -0.141. The van der Waals surface area contributed by atoms with E-state index < -0.39 is 23.5 Å². The third-order valence-electron chi connectivity index (χ3n) is 3.09. The SMILES string of the molecule is N#Cc1[nH]nnc1-c1ccc(-c2nccc(C(F)(F)F)n2)c(F)c1. The van der Waals surface area contributed by atoms with E-state index in [9.17, 15) is 17.6 Å². The molecule has 6 nitrogen and oxygen atoms in total. The topological polar surface area (TPSA) is 91.1 Å². The normalized spacial score (nSPS) is 11.3. The van der Waals surface area contributed by atoms with E-state index in [0.29, 0.717) is 6.07 Å². The number of hydrogen-bond donors (Lipinski definition) is 1. The Morgan fingerprint density at radius 3 is 2.62 bits per heavy atom. The Balaban J connectivity index is 2.04. The van der Waals surface area contributed by atoms with Crippen LogP contribution in [0.5, 0.6) is 0 Å². The van der Waals surface area contributed by atoms with Gasteiger partial charge in [0.1, 0.15) is 23.3 Å². The van der Waals surface area contributed by atoms with E-state index in [4.69, 9.17) is 5.26 Å². The van der Waals surface area contributed by atoms with Gasteiger partial charge in [-0.15, -0.1) is 5.10 Å². The third kappa shape index (κ3) is 2.79. The van der Waals surface area contributed by atoms with Crippen molar-refractivity contribution >= 4 is 0 Å². The summed E-state index contributed by atoms with van der Waals surface area (Å²) in [5.41, 5.74) is -0.954. The van der Waals surface area contributed by atoms with Crippen LogP contribution in [-0.4, -0.2) is 25.4 Å². The van der Waals surface area contributed by atoms with Crippen LogP contribution in [0.1, 0.15) is 11.4 Å². The summed E-state index contributed by atoms with van der Waals surface area (Å²) in [4.78, 5) is 7.01. The number of rotatable bonds is 2. The molecule has 3 rings (SSSR count). The van der Waals surface area contributed by atoms with E-state index in [0.717, 1.165) is 12.3 Å². The Kier molecular flexibility index (Phi) is 3.69. The van der Waals surface area contributed by atoms with Gasteiger partial charge < -0.3 is 0 Å². The van der Waals surface area contributed by atoms with Crippen molar-refractivity contribution in [2.45, 2.75) is 6.18 Å². The van der Waals surface area contributed by atoms with Gasteiger partial charge in [-0.3, -0.25) is 0 Å². The van der Waals surface area contributed by atoms with Crippen LogP contribution in [0, 0.1) is 17.1 Å². The highest BCUT2D eigenvalue weighted by Crippen LogP contribution is 2.30. The minimum atomic E-state index is -4.66. The van der Waals surface area contributed by atoms with Crippen LogP contribution in [0.25, 0.3) is 22.6 Å². The number of nitriles is 1. The molecular formula is C14H6F4N6. The first-order chi connectivity index (χ1) is 11.4. The molecule has 0 unspecified atom stereocenters. The molecule has 0 amide bonds. The fourth-order valence-electron chi connectivity index (χ4n) is 2.00. The van der Waals surface area contributed by atoms with Gasteiger partial charge in [-0.1, -0.05) is 11.3 Å². The summed E-state index contributed by atoms with van der Waals surface area (Å²) in [6.07, 6.45) is -3.75. The van der Waals surface area contributed by atoms with Crippen LogP contribution < -0.4 is 0 Å². The number of hydrogen-bond acceptors (Lipinski definition) is 5. The van der Waals surface area contributed by atoms with Crippen LogP contribution >= 0.6 is 0 Å². The minimum Gasteiger partial charge on any atom is -0.247 e. The Morgan fingerprint density at radius 1 is 1.17 bits per heavy atom. The maximum atomic E-state index is 14.3. The lowest BCUT2D eigenvalue weighted by Crippen LogP contribution is -2.09. The summed E-state index contributed by atoms with van der Waals surface area (Å²) in [6.45, 7) is 0. The van der Waals surface area contributed by atoms with E-state index in [1.807, 2.05) is 6.07 Å². The molecule has 10 heteroatoms. The second-order valence-corrected chi connectivity index (χ2v) is 4.61. The molecule has 0 aliphatic heterocycles. The Labute approximate surface area is 131 Å². The molecule has 0 radical (unpaired) electrons. The number of nitrogens with one attached hydrogen (secondary N) is 1. The summed E-state index contributed by atoms with van der Waals surface area (Å²) in [5, 5.41) is 18.4. The van der Waals surface area contributed by atoms with Gasteiger partial charge in [-0.25, -0.2) is 19.5 Å². The molecule has 0 saturated carbocycles. The highest BCUT2D eigenvalue weighted by molar-refractivity contribution is 5.68. The largest absolute Gasteiger partial charge is 0.433 e. The first-order valence-corrected chi connectivity index (χ1v) is 6.42. The van der Waals surface area contributed by atoms with Gasteiger partial charge in [0.05, 0.1) is 5.56 Å². The fraction of sp³-hybridized carbons (Fsp3) is 0.0714. The van der Waals surface area contributed by atoms with Gasteiger partial charge in [0, 0.05) is 11.8 Å². The number of nitrogens with zero attached hydrogens (tertiary/aromatic N) is 5. The number of H-pyrrole nitrogens is 1. The highest BCUT2D eigenvalue weighted by Gasteiger charge is 2.33. The summed E-state index contributed by atoms with van der Waals surface area (Å²) in [5.74, 6) is -1.24. The average Bonchev–Trinajstić information content (AvgIpc) is 3.02. The fourth-order valence-corrected chi connectivity index (χ4v) is 2.00. The van der Waals surface area contributed by atoms with E-state index in [1.165, 1.54) is 12.1 Å². The van der Waals surface area contributed by atoms with Gasteiger partial charge >= 0.3 is 6.18 Å². The monoisotopic (exact) mass is 334 g/mol. The molecule has 0 fully saturated rings. The quantitative estimate of drug-likeness (QED) is 0.728. The number of aromatic amines is 1. The molecule has 120 valence electrons. The van der Waals surface area contributed by atoms with Crippen LogP contribution in [0.4, 0.5) is 17.6 Å². The third-order valence-corrected chi connectivity index (χ3v) is 3.09. The second kappa shape index (κ2) is 5.69. The molecule has 1 N–H and O–H groups in total. The van der Waals surface area contributed by atoms with Gasteiger partial charge in [-0.05, 0) is 18.2 Å². The van der Waals surface area contributed by atoms with Crippen molar-refractivity contribution < 1.29 is 17.6 Å². The first kappa shape index (κ1) is 15.5. The van der Waals surface area contributed by atoms with Crippen LogP contribution in [0.15, 0.2) is 30.5 Å². The van der Waals surface area contributed by atoms with Crippen molar-refractivity contribution in [1.82, 2.24) is 25.4 Å². The smallest absolute Gasteiger partial charge is 0.247 e. The molecule has 0 atom stereocenters. The maximum absolute atomic E-state index is 14.3. The Morgan fingerprint density at radius 2 is 1.96 bits per heavy atom. The molecule has 3 aromatic rings. The van der Waals surface area contributed by atoms with Crippen LogP contribution in [0.2, 0.25) is 0 Å². The summed E-state index contributed by atoms with van der Waals surface area (Å²) in [6, 6.07) is 6.14. The van der Waals surface area contributed by atoms with Gasteiger partial charge in [0.25, 0.3) is 0 Å². The van der Waals surface area contributed by atoms with Crippen LogP contribution in [-0.2, 0) is 6.18 Å². The predicted molar refractivity (Wildman–Crippen MR) is 72.5 cm³/mol. The predicted octanol–water partition coefficient (Wildman–Crippen LogP) is 2.96. The maximum Gasteiger partial charge on any atom is 0.433 e. The molecule has 2 aromatic heterocycles. The summed E-state index contributed by atoms with van der Waals surface area (Å²) in [7, 11) is 0. The molecule has 0 aliphatic rings. The average molecular weight is 334 g/mol. The molecular weight excluding hydrogens is 328 g/mol. The molecule has 0 saturated heterocycles. The summed E-state index contributed by atoms with van der Waals surface area (Å²) < 4.78 is 52.3. The Hall–Kier alpha value is -3.35. The van der Waals surface area contributed by atoms with E-state index in [1.54, 1.807) is 0 Å². The zero-order valence-corrected chi connectivity index (χ0v) is 11.6. The first-order valence-electron chi connectivity index (χ1n) is 6.42. The Bertz CT molecular complexity index is 941. The van der Waals surface area contributed by atoms with E-state index >= 15 is 0 Å². The standard InChI is InChI=1S/C14H6F4N6/c15-9-5-7(12-10(6-19)22-24-23-12)1-2-8(9)13-20-4-3-11(21-13)14(16,17)18/h1-5H,(H,22,23,24). The molecule has 0 bridgehead atoms. The second-order valence-electron chi connectivity index (χ2n) is 4.61. The van der Waals surface area contributed by atoms with Crippen LogP contribution in [0.3, 0.4) is 0 Å². The lowest BCUT2D eigenvalue weighted by Gasteiger charge is -2.08. The van der Waals surface area contributed by atoms with Crippen molar-refractivity contribution in [3.05, 3.63) is 47.7 Å². The van der Waals surface area contributed by atoms with Crippen molar-refractivity contribution in [2.24, 2.45) is 0 Å². The molecule has 1 aromatic carbocycles. The van der Waals surface area contributed by atoms with E-state index in [2.05, 4.69) is 25.4 Å². The minimum absolute atomic E-state index is 0.0393. The zero-order chi connectivity index (χ0) is 17.3. The number of halogens is 4. The molecule has 0 spiro atoms. The van der Waals surface area contributed by atoms with Gasteiger partial charge in [-0.2, -0.15) is 18.4 Å². The lowest BCUT2D eigenvalue weighted by atomic mass is 10.1. The van der Waals surface area contributed by atoms with Gasteiger partial charge in [0.15, 0.2) is 11.5 Å². The van der Waals surface area contributed by atoms with Crippen molar-refractivity contribution in [3.8, 4) is 28.7 Å². The molecule has 0 aliphatic carbocycles. The van der Waals surface area contributed by atoms with Crippen molar-refractivity contribution in [3.63, 3.8) is 0 Å². The molecule has 2 heterocycles. The molecule has 24 heavy (non-hydrogen) atoms. The zero-order valence-electron chi connectivity index (χ0n) is 11.6. The number of alkyl halides is 3. The van der Waals surface area contributed by atoms with Crippen molar-refractivity contribution in [2.75, 3.05) is 0 Å². The number of benzene rings is 1. The van der Waals surface area contributed by atoms with Crippen molar-refractivity contribution in [1.29, 1.82) is 5.26 Å². The number of aromatic nitrogens is 5. The van der Waals surface area contributed by atoms with Gasteiger partial charge in [0.2, 0.25) is 0 Å². The summed E-state index contributed by atoms with van der Waals surface area (Å²) >= 11 is 0. The highest BCUT2D eigenvalue weighted by atomic mass is 19.4. The van der Waals surface area contributed by atoms with E-state index in [-0.39, 0.29) is 22.5 Å².